The van der Waals surface area contributed by atoms with Gasteiger partial charge in [0.15, 0.2) is 0 Å². The van der Waals surface area contributed by atoms with Crippen LogP contribution in [-0.2, 0) is 16.6 Å². The van der Waals surface area contributed by atoms with Crippen molar-refractivity contribution in [2.75, 3.05) is 19.6 Å². The Labute approximate surface area is 116 Å². The highest BCUT2D eigenvalue weighted by Gasteiger charge is 2.36. The van der Waals surface area contributed by atoms with Crippen molar-refractivity contribution in [3.8, 4) is 0 Å². The van der Waals surface area contributed by atoms with Gasteiger partial charge in [-0.2, -0.15) is 17.5 Å². The molecule has 5 nitrogen and oxygen atoms in total. The topological polar surface area (TPSA) is 65.2 Å². The largest absolute Gasteiger partial charge is 0.402 e. The van der Waals surface area contributed by atoms with Gasteiger partial charge < -0.3 is 10.3 Å². The minimum Gasteiger partial charge on any atom is -0.363 e. The van der Waals surface area contributed by atoms with E-state index in [1.165, 1.54) is 19.2 Å². The SMILES string of the molecule is CCNCc1cc(S(=O)(=O)N(CC)CC(F)(F)F)c[nH]1. The summed E-state index contributed by atoms with van der Waals surface area (Å²) in [5.41, 5.74) is 0.605. The summed E-state index contributed by atoms with van der Waals surface area (Å²) in [6.07, 6.45) is -3.35. The molecule has 2 N–H and O–H groups in total. The summed E-state index contributed by atoms with van der Waals surface area (Å²) < 4.78 is 61.8. The number of aromatic amines is 1. The van der Waals surface area contributed by atoms with Crippen LogP contribution >= 0.6 is 0 Å². The van der Waals surface area contributed by atoms with Gasteiger partial charge in [-0.15, -0.1) is 0 Å². The molecule has 0 aliphatic carbocycles. The standard InChI is InChI=1S/C11H18F3N3O2S/c1-3-15-6-9-5-10(7-16-9)20(18,19)17(4-2)8-11(12,13)14/h5,7,15-16H,3-4,6,8H2,1-2H3. The first-order valence-corrected chi connectivity index (χ1v) is 7.59. The highest BCUT2D eigenvalue weighted by Crippen LogP contribution is 2.22. The van der Waals surface area contributed by atoms with Crippen LogP contribution in [0.2, 0.25) is 0 Å². The van der Waals surface area contributed by atoms with Crippen molar-refractivity contribution in [3.63, 3.8) is 0 Å². The third-order valence-electron chi connectivity index (χ3n) is 2.63. The van der Waals surface area contributed by atoms with Crippen LogP contribution < -0.4 is 5.32 Å². The zero-order chi connectivity index (χ0) is 15.4. The van der Waals surface area contributed by atoms with Crippen LogP contribution in [0.1, 0.15) is 19.5 Å². The molecule has 0 unspecified atom stereocenters. The molecule has 0 bridgehead atoms. The Morgan fingerprint density at radius 1 is 1.35 bits per heavy atom. The number of nitrogens with one attached hydrogen (secondary N) is 2. The smallest absolute Gasteiger partial charge is 0.363 e. The molecule has 0 aliphatic heterocycles. The van der Waals surface area contributed by atoms with Gasteiger partial charge in [0, 0.05) is 25.0 Å². The number of hydrogen-bond acceptors (Lipinski definition) is 3. The fraction of sp³-hybridized carbons (Fsp3) is 0.636. The van der Waals surface area contributed by atoms with Crippen LogP contribution in [0, 0.1) is 0 Å². The number of alkyl halides is 3. The highest BCUT2D eigenvalue weighted by molar-refractivity contribution is 7.89. The summed E-state index contributed by atoms with van der Waals surface area (Å²) in [6, 6.07) is 1.34. The molecule has 0 radical (unpaired) electrons. The molecule has 1 rings (SSSR count). The predicted octanol–water partition coefficient (Wildman–Crippen LogP) is 1.70. The zero-order valence-corrected chi connectivity index (χ0v) is 12.1. The van der Waals surface area contributed by atoms with Crippen LogP contribution in [0.15, 0.2) is 17.2 Å². The van der Waals surface area contributed by atoms with E-state index in [1.807, 2.05) is 6.92 Å². The molecule has 0 saturated carbocycles. The molecular weight excluding hydrogens is 295 g/mol. The summed E-state index contributed by atoms with van der Waals surface area (Å²) in [5.74, 6) is 0. The Morgan fingerprint density at radius 2 is 2.00 bits per heavy atom. The highest BCUT2D eigenvalue weighted by atomic mass is 32.2. The van der Waals surface area contributed by atoms with E-state index in [4.69, 9.17) is 0 Å². The summed E-state index contributed by atoms with van der Waals surface area (Å²) >= 11 is 0. The lowest BCUT2D eigenvalue weighted by molar-refractivity contribution is -0.135. The number of aromatic nitrogens is 1. The molecule has 1 aromatic heterocycles. The Bertz CT molecular complexity index is 525. The van der Waals surface area contributed by atoms with Crippen molar-refractivity contribution in [2.24, 2.45) is 0 Å². The maximum Gasteiger partial charge on any atom is 0.402 e. The van der Waals surface area contributed by atoms with E-state index in [-0.39, 0.29) is 11.4 Å². The molecular formula is C11H18F3N3O2S. The first kappa shape index (κ1) is 17.0. The number of rotatable bonds is 7. The molecule has 0 fully saturated rings. The number of hydrogen-bond donors (Lipinski definition) is 2. The number of H-pyrrole nitrogens is 1. The van der Waals surface area contributed by atoms with Crippen LogP contribution in [0.3, 0.4) is 0 Å². The van der Waals surface area contributed by atoms with Gasteiger partial charge in [0.2, 0.25) is 10.0 Å². The Kier molecular flexibility index (Phi) is 5.60. The third kappa shape index (κ3) is 4.50. The second kappa shape index (κ2) is 6.59. The molecule has 0 aliphatic rings. The van der Waals surface area contributed by atoms with Crippen molar-refractivity contribution in [3.05, 3.63) is 18.0 Å². The van der Waals surface area contributed by atoms with Gasteiger partial charge in [-0.3, -0.25) is 0 Å². The summed E-state index contributed by atoms with van der Waals surface area (Å²) in [4.78, 5) is 2.58. The van der Waals surface area contributed by atoms with Gasteiger partial charge in [-0.1, -0.05) is 13.8 Å². The van der Waals surface area contributed by atoms with E-state index in [2.05, 4.69) is 10.3 Å². The third-order valence-corrected chi connectivity index (χ3v) is 4.53. The Hall–Kier alpha value is -1.06. The van der Waals surface area contributed by atoms with Crippen LogP contribution in [0.25, 0.3) is 0 Å². The number of nitrogens with zero attached hydrogens (tertiary/aromatic N) is 1. The molecule has 0 spiro atoms. The maximum absolute atomic E-state index is 12.4. The lowest BCUT2D eigenvalue weighted by Gasteiger charge is -2.20. The van der Waals surface area contributed by atoms with Crippen molar-refractivity contribution in [2.45, 2.75) is 31.5 Å². The van der Waals surface area contributed by atoms with Gasteiger partial charge >= 0.3 is 6.18 Å². The summed E-state index contributed by atoms with van der Waals surface area (Å²) in [7, 11) is -4.13. The predicted molar refractivity (Wildman–Crippen MR) is 68.7 cm³/mol. The second-order valence-electron chi connectivity index (χ2n) is 4.19. The number of halogens is 3. The van der Waals surface area contributed by atoms with E-state index < -0.39 is 22.7 Å². The van der Waals surface area contributed by atoms with Gasteiger partial charge in [-0.25, -0.2) is 8.42 Å². The maximum atomic E-state index is 12.4. The van der Waals surface area contributed by atoms with Gasteiger partial charge in [-0.05, 0) is 12.6 Å². The lowest BCUT2D eigenvalue weighted by Crippen LogP contribution is -2.38. The summed E-state index contributed by atoms with van der Waals surface area (Å²) in [5, 5.41) is 2.99. The van der Waals surface area contributed by atoms with E-state index in [0.29, 0.717) is 23.1 Å². The first-order chi connectivity index (χ1) is 9.20. The minimum atomic E-state index is -4.56. The average Bonchev–Trinajstić information content (AvgIpc) is 2.81. The lowest BCUT2D eigenvalue weighted by atomic mass is 10.4. The average molecular weight is 313 g/mol. The molecule has 0 amide bonds. The quantitative estimate of drug-likeness (QED) is 0.805. The van der Waals surface area contributed by atoms with Gasteiger partial charge in [0.25, 0.3) is 0 Å². The Balaban J connectivity index is 2.93. The van der Waals surface area contributed by atoms with Crippen molar-refractivity contribution >= 4 is 10.0 Å². The van der Waals surface area contributed by atoms with Crippen molar-refractivity contribution < 1.29 is 21.6 Å². The summed E-state index contributed by atoms with van der Waals surface area (Å²) in [6.45, 7) is 2.67. The molecule has 116 valence electrons. The van der Waals surface area contributed by atoms with Crippen LogP contribution in [-0.4, -0.2) is 43.5 Å². The first-order valence-electron chi connectivity index (χ1n) is 6.15. The second-order valence-corrected chi connectivity index (χ2v) is 6.13. The molecule has 0 aromatic carbocycles. The van der Waals surface area contributed by atoms with E-state index >= 15 is 0 Å². The van der Waals surface area contributed by atoms with E-state index in [9.17, 15) is 21.6 Å². The zero-order valence-electron chi connectivity index (χ0n) is 11.3. The minimum absolute atomic E-state index is 0.156. The van der Waals surface area contributed by atoms with Crippen molar-refractivity contribution in [1.29, 1.82) is 0 Å². The van der Waals surface area contributed by atoms with Crippen LogP contribution in [0.5, 0.6) is 0 Å². The van der Waals surface area contributed by atoms with E-state index in [1.54, 1.807) is 0 Å². The molecule has 0 atom stereocenters. The fourth-order valence-corrected chi connectivity index (χ4v) is 3.10. The van der Waals surface area contributed by atoms with Crippen LogP contribution in [0.4, 0.5) is 13.2 Å². The molecule has 1 heterocycles. The molecule has 0 saturated heterocycles. The molecule has 20 heavy (non-hydrogen) atoms. The molecule has 9 heteroatoms. The Morgan fingerprint density at radius 3 is 2.50 bits per heavy atom. The molecule has 1 aromatic rings. The number of sulfonamides is 1. The van der Waals surface area contributed by atoms with Gasteiger partial charge in [0.05, 0.1) is 4.90 Å². The van der Waals surface area contributed by atoms with Gasteiger partial charge in [0.1, 0.15) is 6.54 Å². The monoisotopic (exact) mass is 313 g/mol. The van der Waals surface area contributed by atoms with Crippen molar-refractivity contribution in [1.82, 2.24) is 14.6 Å². The normalized spacial score (nSPS) is 13.1. The van der Waals surface area contributed by atoms with E-state index in [0.717, 1.165) is 0 Å². The fourth-order valence-electron chi connectivity index (χ4n) is 1.65.